The van der Waals surface area contributed by atoms with Crippen LogP contribution in [0, 0.1) is 7.14 Å². The lowest BCUT2D eigenvalue weighted by Crippen LogP contribution is -3.61. The summed E-state index contributed by atoms with van der Waals surface area (Å²) in [6.45, 7) is 0. The average molecular weight is 425 g/mol. The van der Waals surface area contributed by atoms with Crippen LogP contribution in [0.2, 0.25) is 0 Å². The molecule has 0 nitrogen and oxygen atoms in total. The molecular weight excluding hydrogens is 412 g/mol. The fraction of sp³-hybridized carbons (Fsp3) is 0.0526. The lowest BCUT2D eigenvalue weighted by molar-refractivity contribution is -0.596. The summed E-state index contributed by atoms with van der Waals surface area (Å²) < 4.78 is 42.1. The number of halogens is 4. The maximum Gasteiger partial charge on any atom is 0.417 e. The molecular formula is C19H13F3I+. The summed E-state index contributed by atoms with van der Waals surface area (Å²) in [5.41, 5.74) is 0.354. The van der Waals surface area contributed by atoms with Crippen LogP contribution in [0.4, 0.5) is 13.2 Å². The van der Waals surface area contributed by atoms with Crippen molar-refractivity contribution in [3.05, 3.63) is 91.6 Å². The fourth-order valence-corrected chi connectivity index (χ4v) is 4.92. The molecule has 0 aromatic heterocycles. The molecule has 0 saturated carbocycles. The summed E-state index contributed by atoms with van der Waals surface area (Å²) in [6, 6.07) is 23.1. The molecule has 0 bridgehead atoms. The first-order valence-electron chi connectivity index (χ1n) is 7.01. The second-order valence-electron chi connectivity index (χ2n) is 4.91. The number of hydrogen-bond acceptors (Lipinski definition) is 0. The van der Waals surface area contributed by atoms with Crippen LogP contribution in [0.25, 0.3) is 11.1 Å². The second kappa shape index (κ2) is 6.74. The van der Waals surface area contributed by atoms with Crippen molar-refractivity contribution in [2.45, 2.75) is 6.18 Å². The predicted molar refractivity (Wildman–Crippen MR) is 80.7 cm³/mol. The van der Waals surface area contributed by atoms with Gasteiger partial charge in [0.1, 0.15) is 0 Å². The highest BCUT2D eigenvalue weighted by atomic mass is 127. The lowest BCUT2D eigenvalue weighted by atomic mass is 9.99. The SMILES string of the molecule is FC(F)(F)c1ccccc1-c1ccccc1[I+]c1ccccc1. The Morgan fingerprint density at radius 3 is 1.87 bits per heavy atom. The summed E-state index contributed by atoms with van der Waals surface area (Å²) in [5.74, 6) is 0. The maximum atomic E-state index is 13.3. The van der Waals surface area contributed by atoms with E-state index in [4.69, 9.17) is 0 Å². The Hall–Kier alpha value is -1.82. The molecule has 4 heteroatoms. The third-order valence-corrected chi connectivity index (χ3v) is 6.20. The van der Waals surface area contributed by atoms with Gasteiger partial charge in [-0.15, -0.1) is 0 Å². The van der Waals surface area contributed by atoms with E-state index in [1.54, 1.807) is 24.3 Å². The van der Waals surface area contributed by atoms with Crippen LogP contribution in [0.1, 0.15) is 5.56 Å². The smallest absolute Gasteiger partial charge is 0.166 e. The molecule has 3 rings (SSSR count). The number of hydrogen-bond donors (Lipinski definition) is 0. The van der Waals surface area contributed by atoms with E-state index in [9.17, 15) is 13.2 Å². The first-order chi connectivity index (χ1) is 11.1. The van der Waals surface area contributed by atoms with E-state index in [1.807, 2.05) is 42.5 Å². The average Bonchev–Trinajstić information content (AvgIpc) is 2.56. The third kappa shape index (κ3) is 3.75. The number of rotatable bonds is 3. The number of alkyl halides is 3. The standard InChI is InChI=1S/C19H13F3I/c20-19(21,22)17-12-6-4-10-15(17)16-11-5-7-13-18(16)23-14-8-2-1-3-9-14/h1-13H/q+1. The summed E-state index contributed by atoms with van der Waals surface area (Å²) in [7, 11) is 0. The van der Waals surface area contributed by atoms with Gasteiger partial charge in [-0.3, -0.25) is 0 Å². The van der Waals surface area contributed by atoms with Gasteiger partial charge in [-0.05, 0) is 35.9 Å². The van der Waals surface area contributed by atoms with Gasteiger partial charge in [0.2, 0.25) is 3.57 Å². The first kappa shape index (κ1) is 16.1. The molecule has 116 valence electrons. The normalized spacial score (nSPS) is 11.4. The fourth-order valence-electron chi connectivity index (χ4n) is 2.32. The zero-order chi connectivity index (χ0) is 16.3. The van der Waals surface area contributed by atoms with Gasteiger partial charge in [-0.25, -0.2) is 0 Å². The minimum absolute atomic E-state index is 0.256. The van der Waals surface area contributed by atoms with Crippen molar-refractivity contribution in [1.29, 1.82) is 0 Å². The molecule has 0 spiro atoms. The van der Waals surface area contributed by atoms with E-state index in [0.717, 1.165) is 9.64 Å². The van der Waals surface area contributed by atoms with Crippen molar-refractivity contribution in [1.82, 2.24) is 0 Å². The zero-order valence-electron chi connectivity index (χ0n) is 12.0. The van der Waals surface area contributed by atoms with Gasteiger partial charge in [0.05, 0.1) is 5.56 Å². The minimum atomic E-state index is -4.35. The second-order valence-corrected chi connectivity index (χ2v) is 7.86. The molecule has 0 N–H and O–H groups in total. The lowest BCUT2D eigenvalue weighted by Gasteiger charge is -2.12. The van der Waals surface area contributed by atoms with Crippen LogP contribution in [0.3, 0.4) is 0 Å². The quantitative estimate of drug-likeness (QED) is 0.566. The molecule has 0 fully saturated rings. The van der Waals surface area contributed by atoms with Crippen LogP contribution in [-0.4, -0.2) is 0 Å². The summed E-state index contributed by atoms with van der Waals surface area (Å²) >= 11 is -0.536. The minimum Gasteiger partial charge on any atom is -0.166 e. The number of benzene rings is 3. The molecule has 0 aliphatic rings. The molecule has 0 atom stereocenters. The first-order valence-corrected chi connectivity index (χ1v) is 9.17. The van der Waals surface area contributed by atoms with Gasteiger partial charge in [0, 0.05) is 5.56 Å². The van der Waals surface area contributed by atoms with E-state index >= 15 is 0 Å². The van der Waals surface area contributed by atoms with E-state index < -0.39 is 32.9 Å². The molecule has 3 aromatic carbocycles. The highest BCUT2D eigenvalue weighted by Gasteiger charge is 2.34. The van der Waals surface area contributed by atoms with Gasteiger partial charge in [-0.1, -0.05) is 48.5 Å². The molecule has 0 heterocycles. The molecule has 23 heavy (non-hydrogen) atoms. The van der Waals surface area contributed by atoms with Crippen LogP contribution in [-0.2, 0) is 6.18 Å². The largest absolute Gasteiger partial charge is 0.417 e. The van der Waals surface area contributed by atoms with Crippen LogP contribution in [0.5, 0.6) is 0 Å². The van der Waals surface area contributed by atoms with Crippen LogP contribution < -0.4 is 21.2 Å². The molecule has 3 aromatic rings. The van der Waals surface area contributed by atoms with Gasteiger partial charge < -0.3 is 0 Å². The van der Waals surface area contributed by atoms with Crippen molar-refractivity contribution < 1.29 is 34.4 Å². The highest BCUT2D eigenvalue weighted by Crippen LogP contribution is 2.36. The summed E-state index contributed by atoms with van der Waals surface area (Å²) in [6.07, 6.45) is -4.35. The maximum absolute atomic E-state index is 13.3. The van der Waals surface area contributed by atoms with Gasteiger partial charge in [0.15, 0.2) is 3.57 Å². The molecule has 0 unspecified atom stereocenters. The molecule has 0 saturated heterocycles. The van der Waals surface area contributed by atoms with Crippen molar-refractivity contribution in [3.8, 4) is 11.1 Å². The van der Waals surface area contributed by atoms with Crippen molar-refractivity contribution >= 4 is 0 Å². The molecule has 0 aliphatic heterocycles. The monoisotopic (exact) mass is 425 g/mol. The van der Waals surface area contributed by atoms with Crippen molar-refractivity contribution in [3.63, 3.8) is 0 Å². The predicted octanol–water partition coefficient (Wildman–Crippen LogP) is 2.50. The summed E-state index contributed by atoms with van der Waals surface area (Å²) in [5, 5.41) is 0. The Bertz CT molecular complexity index is 795. The Morgan fingerprint density at radius 2 is 1.17 bits per heavy atom. The van der Waals surface area contributed by atoms with Crippen LogP contribution >= 0.6 is 0 Å². The Labute approximate surface area is 143 Å². The molecule has 0 radical (unpaired) electrons. The van der Waals surface area contributed by atoms with Gasteiger partial charge >= 0.3 is 27.4 Å². The van der Waals surface area contributed by atoms with Crippen molar-refractivity contribution in [2.75, 3.05) is 0 Å². The van der Waals surface area contributed by atoms with E-state index in [2.05, 4.69) is 0 Å². The molecule has 0 amide bonds. The summed E-state index contributed by atoms with van der Waals surface area (Å²) in [4.78, 5) is 0. The van der Waals surface area contributed by atoms with Gasteiger partial charge in [0.25, 0.3) is 0 Å². The van der Waals surface area contributed by atoms with E-state index in [-0.39, 0.29) is 5.56 Å². The molecule has 0 aliphatic carbocycles. The van der Waals surface area contributed by atoms with E-state index in [1.165, 1.54) is 9.64 Å². The zero-order valence-corrected chi connectivity index (χ0v) is 14.2. The Kier molecular flexibility index (Phi) is 4.71. The Morgan fingerprint density at radius 1 is 0.609 bits per heavy atom. The Balaban J connectivity index is 2.09. The van der Waals surface area contributed by atoms with Crippen molar-refractivity contribution in [2.24, 2.45) is 0 Å². The van der Waals surface area contributed by atoms with E-state index in [0.29, 0.717) is 5.56 Å². The topological polar surface area (TPSA) is 0 Å². The highest BCUT2D eigenvalue weighted by molar-refractivity contribution is 5.67. The van der Waals surface area contributed by atoms with Gasteiger partial charge in [-0.2, -0.15) is 13.2 Å². The van der Waals surface area contributed by atoms with Crippen LogP contribution in [0.15, 0.2) is 78.9 Å². The third-order valence-electron chi connectivity index (χ3n) is 3.34.